The minimum absolute atomic E-state index is 0.205. The van der Waals surface area contributed by atoms with Crippen LogP contribution in [0.25, 0.3) is 0 Å². The van der Waals surface area contributed by atoms with Gasteiger partial charge in [-0.3, -0.25) is 4.90 Å². The maximum atomic E-state index is 8.94. The predicted molar refractivity (Wildman–Crippen MR) is 67.1 cm³/mol. The molecular weight excluding hydrogens is 230 g/mol. The summed E-state index contributed by atoms with van der Waals surface area (Å²) in [6.45, 7) is 4.66. The van der Waals surface area contributed by atoms with Gasteiger partial charge in [0.25, 0.3) is 0 Å². The SMILES string of the molecule is N#Cc1cnc(N2CCCN(CCO)CC2)cn1. The van der Waals surface area contributed by atoms with E-state index in [0.717, 1.165) is 45.0 Å². The first-order chi connectivity index (χ1) is 8.83. The lowest BCUT2D eigenvalue weighted by molar-refractivity contribution is 0.204. The van der Waals surface area contributed by atoms with Crippen LogP contribution in [0.2, 0.25) is 0 Å². The monoisotopic (exact) mass is 247 g/mol. The maximum Gasteiger partial charge on any atom is 0.158 e. The van der Waals surface area contributed by atoms with Gasteiger partial charge in [-0.05, 0) is 13.0 Å². The molecular formula is C12H17N5O. The van der Waals surface area contributed by atoms with Gasteiger partial charge in [0.1, 0.15) is 11.9 Å². The Bertz CT molecular complexity index is 413. The Labute approximate surface area is 106 Å². The highest BCUT2D eigenvalue weighted by molar-refractivity contribution is 5.37. The zero-order valence-corrected chi connectivity index (χ0v) is 10.3. The first-order valence-electron chi connectivity index (χ1n) is 6.14. The summed E-state index contributed by atoms with van der Waals surface area (Å²) in [6, 6.07) is 1.97. The molecule has 0 amide bonds. The Morgan fingerprint density at radius 2 is 2.11 bits per heavy atom. The van der Waals surface area contributed by atoms with E-state index in [4.69, 9.17) is 10.4 Å². The van der Waals surface area contributed by atoms with Crippen LogP contribution in [0.15, 0.2) is 12.4 Å². The van der Waals surface area contributed by atoms with Crippen molar-refractivity contribution in [3.8, 4) is 6.07 Å². The number of aromatic nitrogens is 2. The first kappa shape index (κ1) is 12.7. The van der Waals surface area contributed by atoms with Crippen molar-refractivity contribution in [2.45, 2.75) is 6.42 Å². The fourth-order valence-corrected chi connectivity index (χ4v) is 2.11. The third kappa shape index (κ3) is 3.15. The fraction of sp³-hybridized carbons (Fsp3) is 0.583. The van der Waals surface area contributed by atoms with E-state index in [9.17, 15) is 0 Å². The van der Waals surface area contributed by atoms with E-state index in [2.05, 4.69) is 19.8 Å². The van der Waals surface area contributed by atoms with Crippen molar-refractivity contribution in [3.63, 3.8) is 0 Å². The van der Waals surface area contributed by atoms with E-state index in [1.54, 1.807) is 6.20 Å². The van der Waals surface area contributed by atoms with Crippen LogP contribution in [0.5, 0.6) is 0 Å². The van der Waals surface area contributed by atoms with Gasteiger partial charge in [0.2, 0.25) is 0 Å². The Morgan fingerprint density at radius 1 is 1.22 bits per heavy atom. The van der Waals surface area contributed by atoms with E-state index in [-0.39, 0.29) is 6.61 Å². The molecule has 6 nitrogen and oxygen atoms in total. The van der Waals surface area contributed by atoms with Crippen molar-refractivity contribution >= 4 is 5.82 Å². The summed E-state index contributed by atoms with van der Waals surface area (Å²) in [6.07, 6.45) is 4.20. The Kier molecular flexibility index (Phi) is 4.45. The molecule has 18 heavy (non-hydrogen) atoms. The molecule has 0 saturated carbocycles. The molecule has 0 aliphatic carbocycles. The molecule has 1 aromatic rings. The zero-order chi connectivity index (χ0) is 12.8. The molecule has 2 heterocycles. The van der Waals surface area contributed by atoms with E-state index in [1.165, 1.54) is 6.20 Å². The summed E-state index contributed by atoms with van der Waals surface area (Å²) in [5.41, 5.74) is 0.343. The highest BCUT2D eigenvalue weighted by Gasteiger charge is 2.15. The van der Waals surface area contributed by atoms with Crippen molar-refractivity contribution in [1.29, 1.82) is 5.26 Å². The highest BCUT2D eigenvalue weighted by Crippen LogP contribution is 2.12. The molecule has 6 heteroatoms. The maximum absolute atomic E-state index is 8.94. The van der Waals surface area contributed by atoms with Crippen LogP contribution in [0, 0.1) is 11.3 Å². The predicted octanol–water partition coefficient (Wildman–Crippen LogP) is -0.147. The smallest absolute Gasteiger partial charge is 0.158 e. The molecule has 0 unspecified atom stereocenters. The molecule has 0 bridgehead atoms. The van der Waals surface area contributed by atoms with Gasteiger partial charge in [-0.15, -0.1) is 0 Å². The number of aliphatic hydroxyl groups is 1. The summed E-state index contributed by atoms with van der Waals surface area (Å²) in [5, 5.41) is 17.6. The van der Waals surface area contributed by atoms with Gasteiger partial charge in [-0.25, -0.2) is 9.97 Å². The number of nitriles is 1. The quantitative estimate of drug-likeness (QED) is 0.800. The van der Waals surface area contributed by atoms with E-state index >= 15 is 0 Å². The molecule has 2 rings (SSSR count). The standard InChI is InChI=1S/C12H17N5O/c13-8-11-9-15-12(10-14-11)17-3-1-2-16(4-5-17)6-7-18/h9-10,18H,1-7H2. The topological polar surface area (TPSA) is 76.3 Å². The number of hydrogen-bond acceptors (Lipinski definition) is 6. The number of β-amino-alcohol motifs (C(OH)–C–C–N with tert-alkyl or cyclic N) is 1. The summed E-state index contributed by atoms with van der Waals surface area (Å²) >= 11 is 0. The molecule has 1 aliphatic rings. The second kappa shape index (κ2) is 6.28. The minimum Gasteiger partial charge on any atom is -0.395 e. The van der Waals surface area contributed by atoms with Crippen LogP contribution < -0.4 is 4.90 Å². The Balaban J connectivity index is 1.98. The molecule has 0 atom stereocenters. The molecule has 0 spiro atoms. The van der Waals surface area contributed by atoms with Crippen LogP contribution in [-0.4, -0.2) is 59.3 Å². The van der Waals surface area contributed by atoms with Gasteiger partial charge in [0, 0.05) is 26.2 Å². The molecule has 1 fully saturated rings. The van der Waals surface area contributed by atoms with Crippen LogP contribution >= 0.6 is 0 Å². The van der Waals surface area contributed by atoms with Crippen LogP contribution in [0.1, 0.15) is 12.1 Å². The Morgan fingerprint density at radius 3 is 2.78 bits per heavy atom. The first-order valence-corrected chi connectivity index (χ1v) is 6.14. The van der Waals surface area contributed by atoms with Crippen molar-refractivity contribution in [1.82, 2.24) is 14.9 Å². The molecule has 1 N–H and O–H groups in total. The van der Waals surface area contributed by atoms with Gasteiger partial charge in [0.15, 0.2) is 5.69 Å². The van der Waals surface area contributed by atoms with Crippen LogP contribution in [-0.2, 0) is 0 Å². The van der Waals surface area contributed by atoms with Crippen molar-refractivity contribution < 1.29 is 5.11 Å². The molecule has 96 valence electrons. The Hall–Kier alpha value is -1.71. The van der Waals surface area contributed by atoms with E-state index in [0.29, 0.717) is 5.69 Å². The normalized spacial score (nSPS) is 17.2. The minimum atomic E-state index is 0.205. The van der Waals surface area contributed by atoms with Gasteiger partial charge >= 0.3 is 0 Å². The molecule has 0 aromatic carbocycles. The third-order valence-electron chi connectivity index (χ3n) is 3.08. The largest absolute Gasteiger partial charge is 0.395 e. The van der Waals surface area contributed by atoms with Gasteiger partial charge in [0.05, 0.1) is 19.0 Å². The average molecular weight is 247 g/mol. The zero-order valence-electron chi connectivity index (χ0n) is 10.3. The lowest BCUT2D eigenvalue weighted by Gasteiger charge is -2.21. The molecule has 1 aliphatic heterocycles. The molecule has 1 aromatic heterocycles. The van der Waals surface area contributed by atoms with Gasteiger partial charge in [-0.2, -0.15) is 5.26 Å². The highest BCUT2D eigenvalue weighted by atomic mass is 16.3. The number of aliphatic hydroxyl groups excluding tert-OH is 1. The van der Waals surface area contributed by atoms with Gasteiger partial charge in [-0.1, -0.05) is 0 Å². The summed E-state index contributed by atoms with van der Waals surface area (Å²) < 4.78 is 0. The number of nitrogens with zero attached hydrogens (tertiary/aromatic N) is 5. The number of anilines is 1. The number of hydrogen-bond donors (Lipinski definition) is 1. The van der Waals surface area contributed by atoms with Crippen LogP contribution in [0.3, 0.4) is 0 Å². The molecule has 0 radical (unpaired) electrons. The average Bonchev–Trinajstić information content (AvgIpc) is 2.65. The lowest BCUT2D eigenvalue weighted by atomic mass is 10.4. The van der Waals surface area contributed by atoms with E-state index in [1.807, 2.05) is 6.07 Å². The summed E-state index contributed by atoms with van der Waals surface area (Å²) in [5.74, 6) is 0.819. The second-order valence-corrected chi connectivity index (χ2v) is 4.28. The van der Waals surface area contributed by atoms with E-state index < -0.39 is 0 Å². The van der Waals surface area contributed by atoms with Gasteiger partial charge < -0.3 is 10.0 Å². The van der Waals surface area contributed by atoms with Crippen molar-refractivity contribution in [2.24, 2.45) is 0 Å². The molecule has 1 saturated heterocycles. The lowest BCUT2D eigenvalue weighted by Crippen LogP contribution is -2.32. The van der Waals surface area contributed by atoms with Crippen molar-refractivity contribution in [2.75, 3.05) is 44.2 Å². The summed E-state index contributed by atoms with van der Waals surface area (Å²) in [7, 11) is 0. The fourth-order valence-electron chi connectivity index (χ4n) is 2.11. The van der Waals surface area contributed by atoms with Crippen molar-refractivity contribution in [3.05, 3.63) is 18.1 Å². The third-order valence-corrected chi connectivity index (χ3v) is 3.08. The second-order valence-electron chi connectivity index (χ2n) is 4.28. The number of rotatable bonds is 3. The van der Waals surface area contributed by atoms with Crippen LogP contribution in [0.4, 0.5) is 5.82 Å². The summed E-state index contributed by atoms with van der Waals surface area (Å²) in [4.78, 5) is 12.7.